The smallest absolute Gasteiger partial charge is 0.295 e. The maximum Gasteiger partial charge on any atom is 0.295 e. The molecule has 3 aromatic rings. The normalized spacial score (nSPS) is 16.9. The van der Waals surface area contributed by atoms with E-state index < -0.39 is 17.7 Å². The summed E-state index contributed by atoms with van der Waals surface area (Å²) in [5, 5.41) is 12.2. The van der Waals surface area contributed by atoms with Gasteiger partial charge in [0.15, 0.2) is 0 Å². The highest BCUT2D eigenvalue weighted by atomic mass is 35.5. The molecule has 1 unspecified atom stereocenters. The number of benzene rings is 3. The van der Waals surface area contributed by atoms with Crippen molar-refractivity contribution in [1.29, 1.82) is 0 Å². The summed E-state index contributed by atoms with van der Waals surface area (Å²) in [6.07, 6.45) is 0.647. The number of aliphatic hydroxyl groups is 1. The second-order valence-electron chi connectivity index (χ2n) is 9.57. The zero-order valence-electron chi connectivity index (χ0n) is 21.6. The van der Waals surface area contributed by atoms with Gasteiger partial charge in [0, 0.05) is 22.2 Å². The number of amides is 1. The van der Waals surface area contributed by atoms with Crippen LogP contribution in [0.2, 0.25) is 10.0 Å². The predicted octanol–water partition coefficient (Wildman–Crippen LogP) is 6.25. The average molecular weight is 553 g/mol. The first-order valence-electron chi connectivity index (χ1n) is 12.3. The van der Waals surface area contributed by atoms with Crippen LogP contribution >= 0.6 is 23.2 Å². The number of aliphatic hydroxyl groups excluding tert-OH is 1. The van der Waals surface area contributed by atoms with Crippen LogP contribution < -0.4 is 4.74 Å². The Morgan fingerprint density at radius 3 is 2.42 bits per heavy atom. The second kappa shape index (κ2) is 12.0. The molecule has 1 fully saturated rings. The number of carbonyl (C=O) groups is 2. The van der Waals surface area contributed by atoms with Gasteiger partial charge in [0.1, 0.15) is 18.1 Å². The standard InChI is InChI=1S/C30H30Cl2N2O4/c1-19-16-22(38-18-20-8-5-4-6-9-20)11-13-23(19)28(35)26-27(24-12-10-21(31)17-25(24)32)34(30(37)29(26)36)15-7-14-33(2)3/h4-6,8-13,16-17,27,35H,7,14-15,18H2,1-3H3/b28-26+. The van der Waals surface area contributed by atoms with Crippen molar-refractivity contribution in [2.75, 3.05) is 27.2 Å². The van der Waals surface area contributed by atoms with Gasteiger partial charge < -0.3 is 19.6 Å². The highest BCUT2D eigenvalue weighted by molar-refractivity contribution is 6.47. The van der Waals surface area contributed by atoms with Gasteiger partial charge in [0.05, 0.1) is 11.6 Å². The van der Waals surface area contributed by atoms with E-state index in [0.717, 1.165) is 12.1 Å². The van der Waals surface area contributed by atoms with E-state index in [4.69, 9.17) is 27.9 Å². The lowest BCUT2D eigenvalue weighted by molar-refractivity contribution is -0.139. The largest absolute Gasteiger partial charge is 0.507 e. The van der Waals surface area contributed by atoms with E-state index in [9.17, 15) is 14.7 Å². The molecule has 8 heteroatoms. The van der Waals surface area contributed by atoms with Crippen LogP contribution in [0, 0.1) is 6.92 Å². The Kier molecular flexibility index (Phi) is 8.77. The number of halogens is 2. The number of hydrogen-bond donors (Lipinski definition) is 1. The monoisotopic (exact) mass is 552 g/mol. The molecule has 0 spiro atoms. The van der Waals surface area contributed by atoms with Crippen molar-refractivity contribution in [3.63, 3.8) is 0 Å². The van der Waals surface area contributed by atoms with Crippen LogP contribution in [0.3, 0.4) is 0 Å². The van der Waals surface area contributed by atoms with Crippen molar-refractivity contribution in [3.05, 3.63) is 105 Å². The van der Waals surface area contributed by atoms with Gasteiger partial charge in [-0.2, -0.15) is 0 Å². The van der Waals surface area contributed by atoms with Crippen molar-refractivity contribution in [3.8, 4) is 5.75 Å². The molecule has 198 valence electrons. The molecule has 6 nitrogen and oxygen atoms in total. The highest BCUT2D eigenvalue weighted by Crippen LogP contribution is 2.43. The minimum Gasteiger partial charge on any atom is -0.507 e. The number of ketones is 1. The van der Waals surface area contributed by atoms with Crippen LogP contribution in [-0.4, -0.2) is 53.8 Å². The highest BCUT2D eigenvalue weighted by Gasteiger charge is 2.46. The maximum atomic E-state index is 13.3. The number of nitrogens with zero attached hydrogens (tertiary/aromatic N) is 2. The first-order valence-corrected chi connectivity index (χ1v) is 13.1. The fourth-order valence-corrected chi connectivity index (χ4v) is 5.10. The summed E-state index contributed by atoms with van der Waals surface area (Å²) in [6.45, 7) is 3.28. The van der Waals surface area contributed by atoms with E-state index >= 15 is 0 Å². The van der Waals surface area contributed by atoms with Crippen LogP contribution in [0.5, 0.6) is 5.75 Å². The molecule has 1 saturated heterocycles. The second-order valence-corrected chi connectivity index (χ2v) is 10.4. The molecule has 1 aliphatic rings. The summed E-state index contributed by atoms with van der Waals surface area (Å²) in [4.78, 5) is 30.0. The van der Waals surface area contributed by atoms with Crippen molar-refractivity contribution in [1.82, 2.24) is 9.80 Å². The molecule has 1 atom stereocenters. The van der Waals surface area contributed by atoms with Crippen LogP contribution in [0.25, 0.3) is 5.76 Å². The lowest BCUT2D eigenvalue weighted by atomic mass is 9.93. The average Bonchev–Trinajstić information content (AvgIpc) is 3.12. The third kappa shape index (κ3) is 6.04. The molecule has 0 aliphatic carbocycles. The topological polar surface area (TPSA) is 70.1 Å². The molecular weight excluding hydrogens is 523 g/mol. The molecule has 0 saturated carbocycles. The van der Waals surface area contributed by atoms with Gasteiger partial charge in [0.2, 0.25) is 0 Å². The van der Waals surface area contributed by atoms with Crippen LogP contribution in [0.15, 0.2) is 72.3 Å². The van der Waals surface area contributed by atoms with Crippen molar-refractivity contribution in [2.45, 2.75) is 26.0 Å². The quantitative estimate of drug-likeness (QED) is 0.193. The summed E-state index contributed by atoms with van der Waals surface area (Å²) in [5.74, 6) is -1.03. The fraction of sp³-hybridized carbons (Fsp3) is 0.267. The molecule has 4 rings (SSSR count). The third-order valence-corrected chi connectivity index (χ3v) is 7.07. The molecule has 1 N–H and O–H groups in total. The Balaban J connectivity index is 1.71. The van der Waals surface area contributed by atoms with E-state index in [-0.39, 0.29) is 11.3 Å². The number of rotatable bonds is 9. The first kappa shape index (κ1) is 27.7. The van der Waals surface area contributed by atoms with E-state index in [1.54, 1.807) is 36.4 Å². The number of carbonyl (C=O) groups excluding carboxylic acids is 2. The van der Waals surface area contributed by atoms with Gasteiger partial charge in [-0.05, 0) is 81.0 Å². The Morgan fingerprint density at radius 1 is 1.03 bits per heavy atom. The maximum absolute atomic E-state index is 13.3. The van der Waals surface area contributed by atoms with E-state index in [0.29, 0.717) is 52.1 Å². The lowest BCUT2D eigenvalue weighted by Crippen LogP contribution is -2.32. The van der Waals surface area contributed by atoms with E-state index in [1.807, 2.05) is 56.3 Å². The van der Waals surface area contributed by atoms with Crippen LogP contribution in [-0.2, 0) is 16.2 Å². The fourth-order valence-electron chi connectivity index (χ4n) is 4.59. The van der Waals surface area contributed by atoms with Gasteiger partial charge in [-0.3, -0.25) is 9.59 Å². The van der Waals surface area contributed by atoms with Crippen molar-refractivity contribution in [2.24, 2.45) is 0 Å². The number of Topliss-reactive ketones (excluding diaryl/α,β-unsaturated/α-hetero) is 1. The van der Waals surface area contributed by atoms with E-state index in [2.05, 4.69) is 0 Å². The molecule has 0 aromatic heterocycles. The Labute approximate surface area is 233 Å². The van der Waals surface area contributed by atoms with Crippen molar-refractivity contribution >= 4 is 40.7 Å². The summed E-state index contributed by atoms with van der Waals surface area (Å²) in [5.41, 5.74) is 2.71. The number of likely N-dealkylation sites (tertiary alicyclic amines) is 1. The number of hydrogen-bond acceptors (Lipinski definition) is 5. The minimum absolute atomic E-state index is 0.00475. The van der Waals surface area contributed by atoms with Gasteiger partial charge in [-0.1, -0.05) is 59.6 Å². The molecule has 1 heterocycles. The molecule has 3 aromatic carbocycles. The predicted molar refractivity (Wildman–Crippen MR) is 151 cm³/mol. The van der Waals surface area contributed by atoms with Crippen molar-refractivity contribution < 1.29 is 19.4 Å². The van der Waals surface area contributed by atoms with Gasteiger partial charge in [-0.15, -0.1) is 0 Å². The van der Waals surface area contributed by atoms with Crippen LogP contribution in [0.4, 0.5) is 0 Å². The summed E-state index contributed by atoms with van der Waals surface area (Å²) < 4.78 is 5.91. The molecule has 1 amide bonds. The SMILES string of the molecule is Cc1cc(OCc2ccccc2)ccc1/C(O)=C1\C(=O)C(=O)N(CCCN(C)C)C1c1ccc(Cl)cc1Cl. The number of aryl methyl sites for hydroxylation is 1. The zero-order chi connectivity index (χ0) is 27.4. The van der Waals surface area contributed by atoms with Crippen LogP contribution in [0.1, 0.15) is 34.7 Å². The molecule has 38 heavy (non-hydrogen) atoms. The summed E-state index contributed by atoms with van der Waals surface area (Å²) in [7, 11) is 3.88. The van der Waals surface area contributed by atoms with Gasteiger partial charge in [-0.25, -0.2) is 0 Å². The van der Waals surface area contributed by atoms with Gasteiger partial charge >= 0.3 is 0 Å². The summed E-state index contributed by atoms with van der Waals surface area (Å²) in [6, 6.07) is 19.1. The Bertz CT molecular complexity index is 1370. The molecular formula is C30H30Cl2N2O4. The molecule has 1 aliphatic heterocycles. The lowest BCUT2D eigenvalue weighted by Gasteiger charge is -2.26. The Morgan fingerprint density at radius 2 is 1.76 bits per heavy atom. The molecule has 0 bridgehead atoms. The van der Waals surface area contributed by atoms with Gasteiger partial charge in [0.25, 0.3) is 11.7 Å². The third-order valence-electron chi connectivity index (χ3n) is 6.50. The summed E-state index contributed by atoms with van der Waals surface area (Å²) >= 11 is 12.7. The zero-order valence-corrected chi connectivity index (χ0v) is 23.1. The Hall–Kier alpha value is -3.32. The first-order chi connectivity index (χ1) is 18.2. The molecule has 0 radical (unpaired) electrons. The number of ether oxygens (including phenoxy) is 1. The minimum atomic E-state index is -0.838. The van der Waals surface area contributed by atoms with E-state index in [1.165, 1.54) is 4.90 Å².